The minimum Gasteiger partial charge on any atom is -0.464 e. The Morgan fingerprint density at radius 3 is 2.94 bits per heavy atom. The molecule has 3 atom stereocenters. The van der Waals surface area contributed by atoms with Crippen molar-refractivity contribution < 1.29 is 9.53 Å². The average Bonchev–Trinajstić information content (AvgIpc) is 3.04. The molecular weight excluding hydrogens is 248 g/mol. The van der Waals surface area contributed by atoms with Gasteiger partial charge in [-0.2, -0.15) is 0 Å². The molecule has 18 heavy (non-hydrogen) atoms. The molecule has 0 spiro atoms. The molecule has 0 aromatic carbocycles. The minimum absolute atomic E-state index is 0.292. The number of nitrogen functional groups attached to an aromatic ring is 1. The van der Waals surface area contributed by atoms with Gasteiger partial charge in [0.25, 0.3) is 0 Å². The van der Waals surface area contributed by atoms with Crippen LogP contribution in [0.4, 0.5) is 5.00 Å². The summed E-state index contributed by atoms with van der Waals surface area (Å²) in [6, 6.07) is 0. The van der Waals surface area contributed by atoms with E-state index in [0.717, 1.165) is 29.2 Å². The third-order valence-electron chi connectivity index (χ3n) is 4.40. The molecule has 2 aliphatic carbocycles. The van der Waals surface area contributed by atoms with Gasteiger partial charge in [-0.25, -0.2) is 9.78 Å². The Hall–Kier alpha value is -1.10. The van der Waals surface area contributed by atoms with E-state index in [1.807, 2.05) is 0 Å². The number of anilines is 1. The number of fused-ring (bicyclic) bond motifs is 2. The SMILES string of the molecule is COC(=O)c1nc(CC2CC3CCC2C3)sc1N. The summed E-state index contributed by atoms with van der Waals surface area (Å²) in [5, 5.41) is 1.48. The van der Waals surface area contributed by atoms with Gasteiger partial charge in [0.05, 0.1) is 12.1 Å². The summed E-state index contributed by atoms with van der Waals surface area (Å²) in [6.07, 6.45) is 6.49. The second kappa shape index (κ2) is 4.53. The van der Waals surface area contributed by atoms with Crippen molar-refractivity contribution in [1.82, 2.24) is 4.98 Å². The molecule has 2 saturated carbocycles. The molecule has 0 radical (unpaired) electrons. The fraction of sp³-hybridized carbons (Fsp3) is 0.692. The highest BCUT2D eigenvalue weighted by Gasteiger charge is 2.39. The van der Waals surface area contributed by atoms with Crippen LogP contribution in [-0.2, 0) is 11.2 Å². The Morgan fingerprint density at radius 2 is 2.33 bits per heavy atom. The van der Waals surface area contributed by atoms with Crippen molar-refractivity contribution in [2.45, 2.75) is 32.1 Å². The van der Waals surface area contributed by atoms with E-state index < -0.39 is 5.97 Å². The van der Waals surface area contributed by atoms with Crippen molar-refractivity contribution >= 4 is 22.3 Å². The average molecular weight is 266 g/mol. The quantitative estimate of drug-likeness (QED) is 0.854. The number of hydrogen-bond acceptors (Lipinski definition) is 5. The van der Waals surface area contributed by atoms with Gasteiger partial charge in [0.2, 0.25) is 0 Å². The summed E-state index contributed by atoms with van der Waals surface area (Å²) in [6.45, 7) is 0. The zero-order valence-corrected chi connectivity index (χ0v) is 11.3. The topological polar surface area (TPSA) is 65.2 Å². The maximum absolute atomic E-state index is 11.5. The smallest absolute Gasteiger partial charge is 0.359 e. The van der Waals surface area contributed by atoms with E-state index >= 15 is 0 Å². The maximum Gasteiger partial charge on any atom is 0.359 e. The fourth-order valence-corrected chi connectivity index (χ4v) is 4.47. The summed E-state index contributed by atoms with van der Waals surface area (Å²) in [4.78, 5) is 15.8. The van der Waals surface area contributed by atoms with Gasteiger partial charge in [-0.1, -0.05) is 6.42 Å². The first-order chi connectivity index (χ1) is 8.67. The van der Waals surface area contributed by atoms with Gasteiger partial charge < -0.3 is 10.5 Å². The van der Waals surface area contributed by atoms with Crippen molar-refractivity contribution in [3.63, 3.8) is 0 Å². The maximum atomic E-state index is 11.5. The molecule has 98 valence electrons. The van der Waals surface area contributed by atoms with Gasteiger partial charge in [-0.3, -0.25) is 0 Å². The number of carbonyl (C=O) groups is 1. The summed E-state index contributed by atoms with van der Waals surface area (Å²) >= 11 is 1.44. The number of hydrogen-bond donors (Lipinski definition) is 1. The summed E-state index contributed by atoms with van der Waals surface area (Å²) in [7, 11) is 1.36. The second-order valence-corrected chi connectivity index (χ2v) is 6.57. The van der Waals surface area contributed by atoms with Gasteiger partial charge in [0.1, 0.15) is 5.00 Å². The molecule has 4 nitrogen and oxygen atoms in total. The molecule has 2 bridgehead atoms. The van der Waals surface area contributed by atoms with Gasteiger partial charge in [-0.05, 0) is 37.0 Å². The van der Waals surface area contributed by atoms with E-state index in [2.05, 4.69) is 9.72 Å². The predicted octanol–water partition coefficient (Wildman–Crippen LogP) is 2.49. The number of rotatable bonds is 3. The Labute approximate surface area is 111 Å². The molecule has 0 aliphatic heterocycles. The highest BCUT2D eigenvalue weighted by atomic mass is 32.1. The zero-order chi connectivity index (χ0) is 12.7. The first-order valence-corrected chi connectivity index (χ1v) is 7.32. The molecule has 2 fully saturated rings. The van der Waals surface area contributed by atoms with Crippen molar-refractivity contribution in [3.05, 3.63) is 10.7 Å². The Kier molecular flexibility index (Phi) is 3.01. The molecule has 1 aromatic rings. The number of nitrogens with two attached hydrogens (primary N) is 1. The number of carbonyl (C=O) groups excluding carboxylic acids is 1. The molecule has 3 rings (SSSR count). The standard InChI is InChI=1S/C13H18N2O2S/c1-17-13(16)11-12(14)18-10(15-11)6-9-5-7-2-3-8(9)4-7/h7-9H,2-6,14H2,1H3. The normalized spacial score (nSPS) is 29.7. The zero-order valence-electron chi connectivity index (χ0n) is 10.5. The highest BCUT2D eigenvalue weighted by Crippen LogP contribution is 2.49. The van der Waals surface area contributed by atoms with Crippen LogP contribution in [0.1, 0.15) is 41.2 Å². The van der Waals surface area contributed by atoms with Crippen LogP contribution in [0.2, 0.25) is 0 Å². The molecule has 2 N–H and O–H groups in total. The van der Waals surface area contributed by atoms with Crippen molar-refractivity contribution in [3.8, 4) is 0 Å². The number of methoxy groups -OCH3 is 1. The van der Waals surface area contributed by atoms with E-state index in [9.17, 15) is 4.79 Å². The largest absolute Gasteiger partial charge is 0.464 e. The molecule has 1 heterocycles. The summed E-state index contributed by atoms with van der Waals surface area (Å²) in [5.74, 6) is 2.14. The van der Waals surface area contributed by atoms with Crippen LogP contribution in [0.5, 0.6) is 0 Å². The Bertz CT molecular complexity index is 472. The van der Waals surface area contributed by atoms with E-state index in [0.29, 0.717) is 10.7 Å². The Morgan fingerprint density at radius 1 is 1.50 bits per heavy atom. The van der Waals surface area contributed by atoms with Crippen LogP contribution < -0.4 is 5.73 Å². The summed E-state index contributed by atoms with van der Waals surface area (Å²) in [5.41, 5.74) is 6.12. The lowest BCUT2D eigenvalue weighted by Gasteiger charge is -2.20. The van der Waals surface area contributed by atoms with Gasteiger partial charge in [0, 0.05) is 6.42 Å². The van der Waals surface area contributed by atoms with E-state index in [1.165, 1.54) is 44.1 Å². The third-order valence-corrected chi connectivity index (χ3v) is 5.30. The number of nitrogens with zero attached hydrogens (tertiary/aromatic N) is 1. The molecule has 2 aliphatic rings. The number of aromatic nitrogens is 1. The van der Waals surface area contributed by atoms with Crippen LogP contribution in [-0.4, -0.2) is 18.1 Å². The molecule has 5 heteroatoms. The van der Waals surface area contributed by atoms with Crippen molar-refractivity contribution in [2.24, 2.45) is 17.8 Å². The van der Waals surface area contributed by atoms with Crippen LogP contribution in [0.25, 0.3) is 0 Å². The van der Waals surface area contributed by atoms with Crippen LogP contribution in [0.15, 0.2) is 0 Å². The molecule has 1 aromatic heterocycles. The van der Waals surface area contributed by atoms with Gasteiger partial charge in [-0.15, -0.1) is 11.3 Å². The molecule has 0 saturated heterocycles. The van der Waals surface area contributed by atoms with E-state index in [-0.39, 0.29) is 0 Å². The number of thiazole rings is 1. The lowest BCUT2D eigenvalue weighted by molar-refractivity contribution is 0.0596. The van der Waals surface area contributed by atoms with Gasteiger partial charge >= 0.3 is 5.97 Å². The van der Waals surface area contributed by atoms with Crippen LogP contribution >= 0.6 is 11.3 Å². The first-order valence-electron chi connectivity index (χ1n) is 6.51. The lowest BCUT2D eigenvalue weighted by Crippen LogP contribution is -2.13. The van der Waals surface area contributed by atoms with E-state index in [1.54, 1.807) is 0 Å². The summed E-state index contributed by atoms with van der Waals surface area (Å²) < 4.78 is 4.67. The lowest BCUT2D eigenvalue weighted by atomic mass is 9.87. The minimum atomic E-state index is -0.428. The third kappa shape index (κ3) is 2.00. The molecule has 0 amide bonds. The Balaban J connectivity index is 1.72. The van der Waals surface area contributed by atoms with E-state index in [4.69, 9.17) is 5.73 Å². The molecular formula is C13H18N2O2S. The molecule has 3 unspecified atom stereocenters. The monoisotopic (exact) mass is 266 g/mol. The van der Waals surface area contributed by atoms with Crippen LogP contribution in [0, 0.1) is 17.8 Å². The van der Waals surface area contributed by atoms with Crippen molar-refractivity contribution in [2.75, 3.05) is 12.8 Å². The van der Waals surface area contributed by atoms with Crippen molar-refractivity contribution in [1.29, 1.82) is 0 Å². The van der Waals surface area contributed by atoms with Crippen LogP contribution in [0.3, 0.4) is 0 Å². The number of ether oxygens (including phenoxy) is 1. The van der Waals surface area contributed by atoms with Gasteiger partial charge in [0.15, 0.2) is 5.69 Å². The predicted molar refractivity (Wildman–Crippen MR) is 70.5 cm³/mol. The number of esters is 1. The first kappa shape index (κ1) is 12.0. The second-order valence-electron chi connectivity index (χ2n) is 5.45. The highest BCUT2D eigenvalue weighted by molar-refractivity contribution is 7.15. The fourth-order valence-electron chi connectivity index (χ4n) is 3.56.